The van der Waals surface area contributed by atoms with Gasteiger partial charge >= 0.3 is 5.97 Å². The van der Waals surface area contributed by atoms with Gasteiger partial charge < -0.3 is 9.84 Å². The number of nitrogens with one attached hydrogen (secondary N) is 1. The molecule has 17 heavy (non-hydrogen) atoms. The Hall–Kier alpha value is -0.610. The summed E-state index contributed by atoms with van der Waals surface area (Å²) in [6.07, 6.45) is 5.77. The molecule has 4 nitrogen and oxygen atoms in total. The predicted molar refractivity (Wildman–Crippen MR) is 67.2 cm³/mol. The van der Waals surface area contributed by atoms with Crippen LogP contribution in [0.3, 0.4) is 0 Å². The lowest BCUT2D eigenvalue weighted by Gasteiger charge is -2.26. The highest BCUT2D eigenvalue weighted by Gasteiger charge is 2.37. The second-order valence-corrected chi connectivity index (χ2v) is 5.13. The Morgan fingerprint density at radius 1 is 1.41 bits per heavy atom. The van der Waals surface area contributed by atoms with Crippen LogP contribution in [0.25, 0.3) is 0 Å². The Labute approximate surface area is 104 Å². The van der Waals surface area contributed by atoms with Crippen molar-refractivity contribution in [3.63, 3.8) is 0 Å². The Kier molecular flexibility index (Phi) is 5.92. The van der Waals surface area contributed by atoms with Crippen LogP contribution in [0.15, 0.2) is 0 Å². The molecule has 1 atom stereocenters. The fraction of sp³-hybridized carbons (Fsp3) is 0.923. The number of rotatable bonds is 10. The van der Waals surface area contributed by atoms with E-state index in [1.807, 2.05) is 0 Å². The third-order valence-electron chi connectivity index (χ3n) is 3.14. The van der Waals surface area contributed by atoms with Crippen LogP contribution in [0.2, 0.25) is 0 Å². The van der Waals surface area contributed by atoms with Crippen LogP contribution in [0.1, 0.15) is 52.4 Å². The van der Waals surface area contributed by atoms with E-state index in [0.29, 0.717) is 12.5 Å². The molecular weight excluding hydrogens is 218 g/mol. The number of aliphatic carboxylic acids is 1. The van der Waals surface area contributed by atoms with Crippen molar-refractivity contribution >= 4 is 5.97 Å². The zero-order valence-corrected chi connectivity index (χ0v) is 11.0. The van der Waals surface area contributed by atoms with Crippen molar-refractivity contribution in [2.24, 2.45) is 0 Å². The number of ether oxygens (including phenoxy) is 1. The molecule has 0 aromatic heterocycles. The predicted octanol–water partition coefficient (Wildman–Crippen LogP) is 2.18. The van der Waals surface area contributed by atoms with Crippen LogP contribution in [-0.2, 0) is 9.53 Å². The van der Waals surface area contributed by atoms with Gasteiger partial charge in [0.05, 0.1) is 0 Å². The van der Waals surface area contributed by atoms with Gasteiger partial charge in [0.2, 0.25) is 0 Å². The van der Waals surface area contributed by atoms with Crippen molar-refractivity contribution < 1.29 is 14.6 Å². The van der Waals surface area contributed by atoms with E-state index in [1.54, 1.807) is 6.92 Å². The summed E-state index contributed by atoms with van der Waals surface area (Å²) in [6, 6.07) is 0.424. The van der Waals surface area contributed by atoms with E-state index in [-0.39, 0.29) is 0 Å². The summed E-state index contributed by atoms with van der Waals surface area (Å²) >= 11 is 0. The van der Waals surface area contributed by atoms with Gasteiger partial charge in [0.1, 0.15) is 5.54 Å². The number of hydrogen-bond acceptors (Lipinski definition) is 3. The van der Waals surface area contributed by atoms with Gasteiger partial charge in [0.15, 0.2) is 0 Å². The van der Waals surface area contributed by atoms with Gasteiger partial charge in [-0.15, -0.1) is 0 Å². The number of unbranched alkanes of at least 4 members (excludes halogenated alkanes) is 1. The average Bonchev–Trinajstić information content (AvgIpc) is 3.07. The van der Waals surface area contributed by atoms with Crippen LogP contribution in [0.5, 0.6) is 0 Å². The molecule has 1 rings (SSSR count). The zero-order chi connectivity index (χ0) is 12.7. The van der Waals surface area contributed by atoms with Gasteiger partial charge in [-0.1, -0.05) is 6.92 Å². The standard InChI is InChI=1S/C13H25NO3/c1-3-9-17-10-5-4-8-13(2,12(15)16)14-11-6-7-11/h11,14H,3-10H2,1-2H3,(H,15,16). The first-order valence-corrected chi connectivity index (χ1v) is 6.67. The molecule has 1 aliphatic rings. The second kappa shape index (κ2) is 6.97. The molecular formula is C13H25NO3. The quantitative estimate of drug-likeness (QED) is 0.577. The van der Waals surface area contributed by atoms with E-state index >= 15 is 0 Å². The van der Waals surface area contributed by atoms with Crippen molar-refractivity contribution in [2.75, 3.05) is 13.2 Å². The lowest BCUT2D eigenvalue weighted by molar-refractivity contribution is -0.144. The SMILES string of the molecule is CCCOCCCCC(C)(NC1CC1)C(=O)O. The van der Waals surface area contributed by atoms with Crippen molar-refractivity contribution in [1.29, 1.82) is 0 Å². The summed E-state index contributed by atoms with van der Waals surface area (Å²) < 4.78 is 5.38. The van der Waals surface area contributed by atoms with Crippen LogP contribution < -0.4 is 5.32 Å². The average molecular weight is 243 g/mol. The highest BCUT2D eigenvalue weighted by molar-refractivity contribution is 5.78. The van der Waals surface area contributed by atoms with Crippen molar-refractivity contribution in [1.82, 2.24) is 5.32 Å². The molecule has 0 bridgehead atoms. The molecule has 0 aliphatic heterocycles. The van der Waals surface area contributed by atoms with Crippen molar-refractivity contribution in [3.8, 4) is 0 Å². The molecule has 100 valence electrons. The molecule has 0 heterocycles. The molecule has 0 amide bonds. The van der Waals surface area contributed by atoms with Crippen LogP contribution in [-0.4, -0.2) is 35.9 Å². The van der Waals surface area contributed by atoms with E-state index in [4.69, 9.17) is 4.74 Å². The number of carbonyl (C=O) groups is 1. The van der Waals surface area contributed by atoms with Crippen LogP contribution in [0, 0.1) is 0 Å². The molecule has 0 radical (unpaired) electrons. The van der Waals surface area contributed by atoms with Gasteiger partial charge in [0.25, 0.3) is 0 Å². The minimum Gasteiger partial charge on any atom is -0.480 e. The summed E-state index contributed by atoms with van der Waals surface area (Å²) in [4.78, 5) is 11.3. The molecule has 2 N–H and O–H groups in total. The lowest BCUT2D eigenvalue weighted by Crippen LogP contribution is -2.50. The first kappa shape index (κ1) is 14.5. The molecule has 4 heteroatoms. The minimum absolute atomic E-state index is 0.424. The van der Waals surface area contributed by atoms with Crippen LogP contribution >= 0.6 is 0 Å². The molecule has 0 aromatic carbocycles. The Balaban J connectivity index is 2.17. The van der Waals surface area contributed by atoms with E-state index in [9.17, 15) is 9.90 Å². The van der Waals surface area contributed by atoms with E-state index in [1.165, 1.54) is 0 Å². The molecule has 0 spiro atoms. The maximum absolute atomic E-state index is 11.3. The third-order valence-corrected chi connectivity index (χ3v) is 3.14. The highest BCUT2D eigenvalue weighted by Crippen LogP contribution is 2.25. The highest BCUT2D eigenvalue weighted by atomic mass is 16.5. The van der Waals surface area contributed by atoms with Gasteiger partial charge in [-0.05, 0) is 45.4 Å². The number of carboxylic acids is 1. The summed E-state index contributed by atoms with van der Waals surface area (Å²) in [7, 11) is 0. The summed E-state index contributed by atoms with van der Waals surface area (Å²) in [5.74, 6) is -0.737. The smallest absolute Gasteiger partial charge is 0.323 e. The topological polar surface area (TPSA) is 58.6 Å². The molecule has 1 saturated carbocycles. The summed E-state index contributed by atoms with van der Waals surface area (Å²) in [6.45, 7) is 5.42. The Morgan fingerprint density at radius 2 is 2.12 bits per heavy atom. The maximum atomic E-state index is 11.3. The van der Waals surface area contributed by atoms with Crippen molar-refractivity contribution in [3.05, 3.63) is 0 Å². The van der Waals surface area contributed by atoms with Gasteiger partial charge in [-0.25, -0.2) is 0 Å². The summed E-state index contributed by atoms with van der Waals surface area (Å²) in [5.41, 5.74) is -0.758. The molecule has 1 fully saturated rings. The van der Waals surface area contributed by atoms with Gasteiger partial charge in [-0.3, -0.25) is 10.1 Å². The van der Waals surface area contributed by atoms with Crippen LogP contribution in [0.4, 0.5) is 0 Å². The first-order valence-electron chi connectivity index (χ1n) is 6.67. The first-order chi connectivity index (χ1) is 8.08. The lowest BCUT2D eigenvalue weighted by atomic mass is 9.95. The van der Waals surface area contributed by atoms with E-state index in [0.717, 1.165) is 45.3 Å². The molecule has 1 unspecified atom stereocenters. The van der Waals surface area contributed by atoms with E-state index in [2.05, 4.69) is 12.2 Å². The molecule has 0 aromatic rings. The normalized spacial score (nSPS) is 18.9. The fourth-order valence-corrected chi connectivity index (χ4v) is 1.85. The fourth-order valence-electron chi connectivity index (χ4n) is 1.85. The van der Waals surface area contributed by atoms with Crippen molar-refractivity contribution in [2.45, 2.75) is 64.0 Å². The molecule has 1 aliphatic carbocycles. The number of carboxylic acid groups (broad SMARTS) is 1. The second-order valence-electron chi connectivity index (χ2n) is 5.13. The summed E-state index contributed by atoms with van der Waals surface area (Å²) in [5, 5.41) is 12.5. The Bertz CT molecular complexity index is 241. The zero-order valence-electron chi connectivity index (χ0n) is 11.0. The third kappa shape index (κ3) is 5.50. The maximum Gasteiger partial charge on any atom is 0.323 e. The van der Waals surface area contributed by atoms with Gasteiger partial charge in [0, 0.05) is 19.3 Å². The van der Waals surface area contributed by atoms with E-state index < -0.39 is 11.5 Å². The monoisotopic (exact) mass is 243 g/mol. The Morgan fingerprint density at radius 3 is 2.65 bits per heavy atom. The molecule has 0 saturated heterocycles. The minimum atomic E-state index is -0.758. The van der Waals surface area contributed by atoms with Gasteiger partial charge in [-0.2, -0.15) is 0 Å². The number of hydrogen-bond donors (Lipinski definition) is 2. The largest absolute Gasteiger partial charge is 0.480 e.